The maximum absolute atomic E-state index is 4.35. The van der Waals surface area contributed by atoms with E-state index in [9.17, 15) is 0 Å². The van der Waals surface area contributed by atoms with Gasteiger partial charge in [0.1, 0.15) is 0 Å². The number of nitrogens with zero attached hydrogens (tertiary/aromatic N) is 2. The fourth-order valence-corrected chi connectivity index (χ4v) is 2.03. The van der Waals surface area contributed by atoms with Gasteiger partial charge in [0.2, 0.25) is 0 Å². The maximum Gasteiger partial charge on any atom is 0.0637 e. The highest BCUT2D eigenvalue weighted by Gasteiger charge is 2.11. The summed E-state index contributed by atoms with van der Waals surface area (Å²) in [5.41, 5.74) is 1.17. The molecule has 0 radical (unpaired) electrons. The summed E-state index contributed by atoms with van der Waals surface area (Å²) < 4.78 is 1.86. The van der Waals surface area contributed by atoms with Gasteiger partial charge in [-0.05, 0) is 25.5 Å². The lowest BCUT2D eigenvalue weighted by molar-refractivity contribution is 0.391. The molecule has 1 fully saturated rings. The van der Waals surface area contributed by atoms with Crippen LogP contribution < -0.4 is 10.6 Å². The minimum atomic E-state index is 0.655. The highest BCUT2D eigenvalue weighted by molar-refractivity contribution is 4.99. The SMILES string of the molecule is Cn1ccc(CCNC2CCCNC2)n1. The van der Waals surface area contributed by atoms with Crippen LogP contribution in [0, 0.1) is 0 Å². The number of rotatable bonds is 4. The monoisotopic (exact) mass is 208 g/mol. The minimum Gasteiger partial charge on any atom is -0.315 e. The third-order valence-corrected chi connectivity index (χ3v) is 2.88. The third-order valence-electron chi connectivity index (χ3n) is 2.88. The van der Waals surface area contributed by atoms with Crippen LogP contribution in [0.1, 0.15) is 18.5 Å². The van der Waals surface area contributed by atoms with Gasteiger partial charge in [0.15, 0.2) is 0 Å². The highest BCUT2D eigenvalue weighted by atomic mass is 15.2. The van der Waals surface area contributed by atoms with Gasteiger partial charge >= 0.3 is 0 Å². The Morgan fingerprint density at radius 1 is 1.67 bits per heavy atom. The predicted octanol–water partition coefficient (Wildman–Crippen LogP) is 0.304. The van der Waals surface area contributed by atoms with E-state index in [-0.39, 0.29) is 0 Å². The first-order valence-corrected chi connectivity index (χ1v) is 5.77. The van der Waals surface area contributed by atoms with Crippen LogP contribution in [0.3, 0.4) is 0 Å². The Morgan fingerprint density at radius 2 is 2.60 bits per heavy atom. The molecule has 1 atom stereocenters. The molecular formula is C11H20N4. The Hall–Kier alpha value is -0.870. The standard InChI is InChI=1S/C11H20N4/c1-15-8-5-10(14-15)4-7-13-11-3-2-6-12-9-11/h5,8,11-13H,2-4,6-7,9H2,1H3. The van der Waals surface area contributed by atoms with Gasteiger partial charge in [0, 0.05) is 38.8 Å². The molecule has 84 valence electrons. The molecule has 2 rings (SSSR count). The van der Waals surface area contributed by atoms with Gasteiger partial charge in [0.25, 0.3) is 0 Å². The van der Waals surface area contributed by atoms with E-state index in [1.165, 1.54) is 25.1 Å². The average Bonchev–Trinajstić information content (AvgIpc) is 2.66. The zero-order valence-electron chi connectivity index (χ0n) is 9.37. The summed E-state index contributed by atoms with van der Waals surface area (Å²) in [5.74, 6) is 0. The van der Waals surface area contributed by atoms with Gasteiger partial charge < -0.3 is 10.6 Å². The van der Waals surface area contributed by atoms with Gasteiger partial charge in [-0.15, -0.1) is 0 Å². The van der Waals surface area contributed by atoms with Gasteiger partial charge in [-0.1, -0.05) is 0 Å². The lowest BCUT2D eigenvalue weighted by Crippen LogP contribution is -2.43. The van der Waals surface area contributed by atoms with Crippen molar-refractivity contribution in [1.29, 1.82) is 0 Å². The zero-order valence-corrected chi connectivity index (χ0v) is 9.37. The van der Waals surface area contributed by atoms with Crippen molar-refractivity contribution in [3.8, 4) is 0 Å². The summed E-state index contributed by atoms with van der Waals surface area (Å²) in [7, 11) is 1.96. The van der Waals surface area contributed by atoms with Crippen molar-refractivity contribution in [3.63, 3.8) is 0 Å². The third kappa shape index (κ3) is 3.32. The largest absolute Gasteiger partial charge is 0.315 e. The lowest BCUT2D eigenvalue weighted by atomic mass is 10.1. The van der Waals surface area contributed by atoms with Gasteiger partial charge in [-0.3, -0.25) is 4.68 Å². The van der Waals surface area contributed by atoms with Crippen molar-refractivity contribution in [2.75, 3.05) is 19.6 Å². The van der Waals surface area contributed by atoms with E-state index in [0.717, 1.165) is 19.5 Å². The molecule has 1 unspecified atom stereocenters. The molecule has 15 heavy (non-hydrogen) atoms. The number of nitrogens with one attached hydrogen (secondary N) is 2. The van der Waals surface area contributed by atoms with Crippen LogP contribution in [-0.2, 0) is 13.5 Å². The van der Waals surface area contributed by atoms with E-state index < -0.39 is 0 Å². The molecule has 1 aromatic rings. The number of aryl methyl sites for hydroxylation is 1. The molecule has 2 N–H and O–H groups in total. The van der Waals surface area contributed by atoms with Gasteiger partial charge in [-0.25, -0.2) is 0 Å². The second kappa shape index (κ2) is 5.28. The van der Waals surface area contributed by atoms with Crippen LogP contribution in [0.2, 0.25) is 0 Å². The van der Waals surface area contributed by atoms with E-state index >= 15 is 0 Å². The number of piperidine rings is 1. The second-order valence-electron chi connectivity index (χ2n) is 4.23. The zero-order chi connectivity index (χ0) is 10.5. The quantitative estimate of drug-likeness (QED) is 0.748. The summed E-state index contributed by atoms with van der Waals surface area (Å²) in [4.78, 5) is 0. The molecular weight excluding hydrogens is 188 g/mol. The van der Waals surface area contributed by atoms with Gasteiger partial charge in [-0.2, -0.15) is 5.10 Å². The minimum absolute atomic E-state index is 0.655. The molecule has 0 saturated carbocycles. The molecule has 0 spiro atoms. The second-order valence-corrected chi connectivity index (χ2v) is 4.23. The van der Waals surface area contributed by atoms with E-state index in [4.69, 9.17) is 0 Å². The van der Waals surface area contributed by atoms with Crippen LogP contribution in [0.5, 0.6) is 0 Å². The molecule has 0 aromatic carbocycles. The van der Waals surface area contributed by atoms with E-state index in [1.807, 2.05) is 17.9 Å². The summed E-state index contributed by atoms with van der Waals surface area (Å²) >= 11 is 0. The normalized spacial score (nSPS) is 21.8. The summed E-state index contributed by atoms with van der Waals surface area (Å²) in [5, 5.41) is 11.3. The maximum atomic E-state index is 4.35. The Balaban J connectivity index is 1.65. The van der Waals surface area contributed by atoms with Crippen molar-refractivity contribution in [1.82, 2.24) is 20.4 Å². The number of hydrogen-bond acceptors (Lipinski definition) is 3. The van der Waals surface area contributed by atoms with Crippen molar-refractivity contribution < 1.29 is 0 Å². The fourth-order valence-electron chi connectivity index (χ4n) is 2.03. The van der Waals surface area contributed by atoms with Crippen LogP contribution in [0.15, 0.2) is 12.3 Å². The molecule has 0 aliphatic carbocycles. The van der Waals surface area contributed by atoms with Crippen molar-refractivity contribution in [2.45, 2.75) is 25.3 Å². The van der Waals surface area contributed by atoms with Crippen LogP contribution in [-0.4, -0.2) is 35.5 Å². The van der Waals surface area contributed by atoms with Crippen LogP contribution >= 0.6 is 0 Å². The Labute approximate surface area is 91.1 Å². The Bertz CT molecular complexity index is 289. The Kier molecular flexibility index (Phi) is 3.75. The first-order valence-electron chi connectivity index (χ1n) is 5.77. The molecule has 0 bridgehead atoms. The van der Waals surface area contributed by atoms with E-state index in [2.05, 4.69) is 21.8 Å². The van der Waals surface area contributed by atoms with Gasteiger partial charge in [0.05, 0.1) is 5.69 Å². The van der Waals surface area contributed by atoms with E-state index in [0.29, 0.717) is 6.04 Å². The number of aromatic nitrogens is 2. The molecule has 2 heterocycles. The van der Waals surface area contributed by atoms with Crippen molar-refractivity contribution >= 4 is 0 Å². The van der Waals surface area contributed by atoms with Crippen LogP contribution in [0.25, 0.3) is 0 Å². The Morgan fingerprint density at radius 3 is 3.27 bits per heavy atom. The topological polar surface area (TPSA) is 41.9 Å². The van der Waals surface area contributed by atoms with Crippen molar-refractivity contribution in [3.05, 3.63) is 18.0 Å². The fraction of sp³-hybridized carbons (Fsp3) is 0.727. The van der Waals surface area contributed by atoms with Crippen molar-refractivity contribution in [2.24, 2.45) is 7.05 Å². The predicted molar refractivity (Wildman–Crippen MR) is 60.8 cm³/mol. The molecule has 4 nitrogen and oxygen atoms in total. The average molecular weight is 208 g/mol. The summed E-state index contributed by atoms with van der Waals surface area (Å²) in [6.07, 6.45) is 5.62. The first kappa shape index (κ1) is 10.6. The smallest absolute Gasteiger partial charge is 0.0637 e. The van der Waals surface area contributed by atoms with E-state index in [1.54, 1.807) is 0 Å². The lowest BCUT2D eigenvalue weighted by Gasteiger charge is -2.23. The molecule has 1 aliphatic heterocycles. The molecule has 1 aromatic heterocycles. The first-order chi connectivity index (χ1) is 7.34. The number of hydrogen-bond donors (Lipinski definition) is 2. The summed E-state index contributed by atoms with van der Waals surface area (Å²) in [6.45, 7) is 3.32. The molecule has 1 saturated heterocycles. The van der Waals surface area contributed by atoms with Crippen LogP contribution in [0.4, 0.5) is 0 Å². The molecule has 1 aliphatic rings. The summed E-state index contributed by atoms with van der Waals surface area (Å²) in [6, 6.07) is 2.74. The molecule has 4 heteroatoms. The molecule has 0 amide bonds. The highest BCUT2D eigenvalue weighted by Crippen LogP contribution is 2.01.